The van der Waals surface area contributed by atoms with Crippen LogP contribution in [0, 0.1) is 6.92 Å². The third-order valence-corrected chi connectivity index (χ3v) is 6.51. The molecule has 0 bridgehead atoms. The minimum Gasteiger partial charge on any atom is -0.507 e. The molecule has 1 unspecified atom stereocenters. The number of benzene rings is 3. The van der Waals surface area contributed by atoms with E-state index < -0.39 is 17.7 Å². The summed E-state index contributed by atoms with van der Waals surface area (Å²) in [6.07, 6.45) is 0.556. The van der Waals surface area contributed by atoms with Gasteiger partial charge in [-0.25, -0.2) is 0 Å². The summed E-state index contributed by atoms with van der Waals surface area (Å²) in [6, 6.07) is 21.0. The van der Waals surface area contributed by atoms with Gasteiger partial charge in [0, 0.05) is 30.8 Å². The number of likely N-dealkylation sites (tertiary alicyclic amines) is 1. The van der Waals surface area contributed by atoms with Crippen molar-refractivity contribution in [1.29, 1.82) is 0 Å². The van der Waals surface area contributed by atoms with Gasteiger partial charge in [-0.3, -0.25) is 9.59 Å². The molecule has 0 spiro atoms. The number of hydrogen-bond donors (Lipinski definition) is 1. The zero-order chi connectivity index (χ0) is 25.7. The van der Waals surface area contributed by atoms with Crippen LogP contribution in [-0.2, 0) is 20.9 Å². The molecule has 3 aromatic carbocycles. The predicted octanol–water partition coefficient (Wildman–Crippen LogP) is 5.69. The van der Waals surface area contributed by atoms with E-state index in [-0.39, 0.29) is 11.3 Å². The van der Waals surface area contributed by atoms with E-state index in [1.165, 1.54) is 4.90 Å². The lowest BCUT2D eigenvalue weighted by atomic mass is 9.95. The molecule has 36 heavy (non-hydrogen) atoms. The number of amides is 1. The van der Waals surface area contributed by atoms with E-state index >= 15 is 0 Å². The van der Waals surface area contributed by atoms with Crippen molar-refractivity contribution in [3.05, 3.63) is 106 Å². The summed E-state index contributed by atoms with van der Waals surface area (Å²) in [6.45, 7) is 3.21. The first-order valence-corrected chi connectivity index (χ1v) is 12.1. The number of hydrogen-bond acceptors (Lipinski definition) is 5. The smallest absolute Gasteiger partial charge is 0.295 e. The van der Waals surface area contributed by atoms with Gasteiger partial charge in [-0.2, -0.15) is 0 Å². The second kappa shape index (κ2) is 11.4. The van der Waals surface area contributed by atoms with Crippen molar-refractivity contribution in [2.45, 2.75) is 26.0 Å². The van der Waals surface area contributed by atoms with E-state index in [0.29, 0.717) is 48.1 Å². The number of halogens is 1. The van der Waals surface area contributed by atoms with Gasteiger partial charge in [0.15, 0.2) is 0 Å². The van der Waals surface area contributed by atoms with Crippen LogP contribution in [0.15, 0.2) is 78.4 Å². The molecule has 1 heterocycles. The standard InChI is InChI=1S/C29H28ClNO5/c1-19-6-3-4-7-22(19)18-36-24-14-10-21(11-15-24)27(32)25-26(20-8-12-23(30)13-9-20)31(16-5-17-35-2)29(34)28(25)33/h3-4,6-15,26,32H,5,16-18H2,1-2H3/b27-25+. The van der Waals surface area contributed by atoms with Crippen molar-refractivity contribution in [1.82, 2.24) is 4.90 Å². The van der Waals surface area contributed by atoms with Crippen LogP contribution < -0.4 is 4.74 Å². The summed E-state index contributed by atoms with van der Waals surface area (Å²) in [7, 11) is 1.58. The van der Waals surface area contributed by atoms with E-state index in [9.17, 15) is 14.7 Å². The Labute approximate surface area is 215 Å². The zero-order valence-electron chi connectivity index (χ0n) is 20.2. The van der Waals surface area contributed by atoms with Crippen LogP contribution in [-0.4, -0.2) is 42.0 Å². The van der Waals surface area contributed by atoms with E-state index in [2.05, 4.69) is 0 Å². The summed E-state index contributed by atoms with van der Waals surface area (Å²) in [5.41, 5.74) is 3.39. The maximum Gasteiger partial charge on any atom is 0.295 e. The molecule has 3 aromatic rings. The minimum absolute atomic E-state index is 0.0494. The van der Waals surface area contributed by atoms with Crippen molar-refractivity contribution in [2.24, 2.45) is 0 Å². The summed E-state index contributed by atoms with van der Waals surface area (Å²) < 4.78 is 11.0. The van der Waals surface area contributed by atoms with Crippen LogP contribution in [0.3, 0.4) is 0 Å². The summed E-state index contributed by atoms with van der Waals surface area (Å²) in [5, 5.41) is 11.7. The normalized spacial score (nSPS) is 17.0. The monoisotopic (exact) mass is 505 g/mol. The minimum atomic E-state index is -0.726. The van der Waals surface area contributed by atoms with Gasteiger partial charge in [-0.1, -0.05) is 48.0 Å². The van der Waals surface area contributed by atoms with E-state index in [4.69, 9.17) is 21.1 Å². The largest absolute Gasteiger partial charge is 0.507 e. The van der Waals surface area contributed by atoms with Crippen LogP contribution in [0.1, 0.15) is 34.7 Å². The maximum absolute atomic E-state index is 13.1. The number of nitrogens with zero attached hydrogens (tertiary/aromatic N) is 1. The topological polar surface area (TPSA) is 76.1 Å². The lowest BCUT2D eigenvalue weighted by Gasteiger charge is -2.25. The lowest BCUT2D eigenvalue weighted by Crippen LogP contribution is -2.31. The van der Waals surface area contributed by atoms with Gasteiger partial charge < -0.3 is 19.5 Å². The first-order valence-electron chi connectivity index (χ1n) is 11.7. The fourth-order valence-corrected chi connectivity index (χ4v) is 4.41. The van der Waals surface area contributed by atoms with Crippen LogP contribution in [0.25, 0.3) is 5.76 Å². The molecule has 1 fully saturated rings. The van der Waals surface area contributed by atoms with Gasteiger partial charge in [0.1, 0.15) is 18.1 Å². The van der Waals surface area contributed by atoms with Crippen LogP contribution >= 0.6 is 11.6 Å². The molecule has 0 aliphatic carbocycles. The van der Waals surface area contributed by atoms with Crippen molar-refractivity contribution < 1.29 is 24.2 Å². The quantitative estimate of drug-likeness (QED) is 0.175. The Morgan fingerprint density at radius 1 is 1.00 bits per heavy atom. The van der Waals surface area contributed by atoms with Crippen LogP contribution in [0.5, 0.6) is 5.75 Å². The number of methoxy groups -OCH3 is 1. The number of aryl methyl sites for hydroxylation is 1. The van der Waals surface area contributed by atoms with Gasteiger partial charge in [0.2, 0.25) is 0 Å². The Morgan fingerprint density at radius 2 is 1.69 bits per heavy atom. The predicted molar refractivity (Wildman–Crippen MR) is 139 cm³/mol. The highest BCUT2D eigenvalue weighted by atomic mass is 35.5. The molecule has 1 amide bonds. The van der Waals surface area contributed by atoms with E-state index in [1.54, 1.807) is 55.6 Å². The number of rotatable bonds is 9. The van der Waals surface area contributed by atoms with Crippen LogP contribution in [0.2, 0.25) is 5.02 Å². The number of ketones is 1. The number of ether oxygens (including phenoxy) is 2. The molecular formula is C29H28ClNO5. The number of aliphatic hydroxyl groups excluding tert-OH is 1. The third kappa shape index (κ3) is 5.45. The first-order chi connectivity index (χ1) is 17.4. The molecule has 1 N–H and O–H groups in total. The third-order valence-electron chi connectivity index (χ3n) is 6.26. The van der Waals surface area contributed by atoms with Crippen molar-refractivity contribution in [2.75, 3.05) is 20.3 Å². The Bertz CT molecular complexity index is 1270. The SMILES string of the molecule is COCCCN1C(=O)C(=O)/C(=C(/O)c2ccc(OCc3ccccc3C)cc2)C1c1ccc(Cl)cc1. The number of carbonyl (C=O) groups is 2. The van der Waals surface area contributed by atoms with Crippen molar-refractivity contribution in [3.8, 4) is 5.75 Å². The fraction of sp³-hybridized carbons (Fsp3) is 0.241. The summed E-state index contributed by atoms with van der Waals surface area (Å²) in [4.78, 5) is 27.5. The second-order valence-corrected chi connectivity index (χ2v) is 9.07. The molecule has 0 aromatic heterocycles. The first kappa shape index (κ1) is 25.5. The molecule has 7 heteroatoms. The zero-order valence-corrected chi connectivity index (χ0v) is 21.0. The number of aliphatic hydroxyl groups is 1. The molecule has 1 saturated heterocycles. The van der Waals surface area contributed by atoms with Crippen molar-refractivity contribution in [3.63, 3.8) is 0 Å². The second-order valence-electron chi connectivity index (χ2n) is 8.63. The van der Waals surface area contributed by atoms with Gasteiger partial charge >= 0.3 is 0 Å². The Kier molecular flexibility index (Phi) is 8.08. The fourth-order valence-electron chi connectivity index (χ4n) is 4.28. The van der Waals surface area contributed by atoms with Crippen molar-refractivity contribution >= 4 is 29.1 Å². The molecule has 4 rings (SSSR count). The van der Waals surface area contributed by atoms with Gasteiger partial charge in [-0.05, 0) is 66.4 Å². The number of carbonyl (C=O) groups excluding carboxylic acids is 2. The lowest BCUT2D eigenvalue weighted by molar-refractivity contribution is -0.140. The molecule has 0 saturated carbocycles. The molecule has 6 nitrogen and oxygen atoms in total. The van der Waals surface area contributed by atoms with Gasteiger partial charge in [-0.15, -0.1) is 0 Å². The number of Topliss-reactive ketones (excluding diaryl/α,β-unsaturated/α-hetero) is 1. The highest BCUT2D eigenvalue weighted by Crippen LogP contribution is 2.40. The molecule has 1 aliphatic rings. The highest BCUT2D eigenvalue weighted by Gasteiger charge is 2.45. The van der Waals surface area contributed by atoms with E-state index in [1.807, 2.05) is 31.2 Å². The van der Waals surface area contributed by atoms with Crippen LogP contribution in [0.4, 0.5) is 0 Å². The van der Waals surface area contributed by atoms with Gasteiger partial charge in [0.05, 0.1) is 11.6 Å². The average molecular weight is 506 g/mol. The molecule has 0 radical (unpaired) electrons. The Hall–Kier alpha value is -3.61. The summed E-state index contributed by atoms with van der Waals surface area (Å²) in [5.74, 6) is -0.965. The molecule has 1 atom stereocenters. The Balaban J connectivity index is 1.63. The molecule has 1 aliphatic heterocycles. The highest BCUT2D eigenvalue weighted by molar-refractivity contribution is 6.46. The Morgan fingerprint density at radius 3 is 2.36 bits per heavy atom. The summed E-state index contributed by atoms with van der Waals surface area (Å²) >= 11 is 6.06. The van der Waals surface area contributed by atoms with E-state index in [0.717, 1.165) is 11.1 Å². The molecular weight excluding hydrogens is 478 g/mol. The van der Waals surface area contributed by atoms with Gasteiger partial charge in [0.25, 0.3) is 11.7 Å². The maximum atomic E-state index is 13.1. The average Bonchev–Trinajstić information content (AvgIpc) is 3.14. The molecule has 186 valence electrons.